The summed E-state index contributed by atoms with van der Waals surface area (Å²) in [6.07, 6.45) is 7.95. The SMILES string of the molecule is CNC1C=CC2=C(N1)C(C)C(=O)N(N1CCC(NC(=O)Nc3cc(C(C)(C)C)nn3-c3cnoc3)C1)C2. The molecule has 0 spiro atoms. The fourth-order valence-electron chi connectivity index (χ4n) is 4.90. The monoisotopic (exact) mass is 509 g/mol. The zero-order valence-electron chi connectivity index (χ0n) is 21.9. The van der Waals surface area contributed by atoms with Crippen LogP contribution in [0.25, 0.3) is 5.69 Å². The van der Waals surface area contributed by atoms with E-state index in [1.807, 2.05) is 30.1 Å². The lowest BCUT2D eigenvalue weighted by Crippen LogP contribution is -2.55. The standard InChI is InChI=1S/C25H35N9O3/c1-15-22-16(6-7-20(26-5)29-22)12-33(23(15)35)32-9-8-17(13-32)28-24(36)30-21-10-19(25(2,3)4)31-34(21)18-11-27-37-14-18/h6-7,10-11,14-15,17,20,26,29H,8-9,12-13H2,1-5H3,(H2,28,30,36). The molecule has 4 N–H and O–H groups in total. The zero-order chi connectivity index (χ0) is 26.3. The summed E-state index contributed by atoms with van der Waals surface area (Å²) in [6, 6.07) is 1.43. The quantitative estimate of drug-likeness (QED) is 0.479. The van der Waals surface area contributed by atoms with Gasteiger partial charge in [0.25, 0.3) is 0 Å². The van der Waals surface area contributed by atoms with Gasteiger partial charge in [-0.1, -0.05) is 32.0 Å². The number of nitrogens with zero attached hydrogens (tertiary/aromatic N) is 5. The number of nitrogens with one attached hydrogen (secondary N) is 4. The van der Waals surface area contributed by atoms with Crippen molar-refractivity contribution >= 4 is 17.8 Å². The van der Waals surface area contributed by atoms with Crippen molar-refractivity contribution in [2.45, 2.75) is 51.7 Å². The minimum Gasteiger partial charge on any atom is -0.369 e. The lowest BCUT2D eigenvalue weighted by molar-refractivity contribution is -0.150. The topological polar surface area (TPSA) is 133 Å². The van der Waals surface area contributed by atoms with Gasteiger partial charge in [-0.2, -0.15) is 5.10 Å². The summed E-state index contributed by atoms with van der Waals surface area (Å²) in [7, 11) is 1.88. The normalized spacial score (nSPS) is 24.3. The summed E-state index contributed by atoms with van der Waals surface area (Å²) in [5, 5.41) is 24.8. The first-order valence-corrected chi connectivity index (χ1v) is 12.6. The first-order chi connectivity index (χ1) is 17.6. The molecule has 0 aromatic carbocycles. The van der Waals surface area contributed by atoms with E-state index in [1.54, 1.807) is 10.9 Å². The third kappa shape index (κ3) is 4.98. The predicted octanol–water partition coefficient (Wildman–Crippen LogP) is 1.71. The number of carbonyl (C=O) groups is 2. The van der Waals surface area contributed by atoms with Crippen LogP contribution < -0.4 is 21.3 Å². The number of anilines is 1. The molecule has 12 heteroatoms. The van der Waals surface area contributed by atoms with E-state index in [2.05, 4.69) is 64.4 Å². The third-order valence-electron chi connectivity index (χ3n) is 7.06. The van der Waals surface area contributed by atoms with Gasteiger partial charge in [-0.05, 0) is 32.0 Å². The highest BCUT2D eigenvalue weighted by Crippen LogP contribution is 2.29. The van der Waals surface area contributed by atoms with Crippen molar-refractivity contribution in [3.63, 3.8) is 0 Å². The summed E-state index contributed by atoms with van der Waals surface area (Å²) in [5.74, 6) is 0.333. The van der Waals surface area contributed by atoms with E-state index in [9.17, 15) is 9.59 Å². The molecule has 12 nitrogen and oxygen atoms in total. The number of rotatable bonds is 5. The first-order valence-electron chi connectivity index (χ1n) is 12.6. The minimum atomic E-state index is -0.328. The van der Waals surface area contributed by atoms with Crippen molar-refractivity contribution in [2.75, 3.05) is 32.0 Å². The third-order valence-corrected chi connectivity index (χ3v) is 7.06. The van der Waals surface area contributed by atoms with Gasteiger partial charge in [-0.15, -0.1) is 0 Å². The maximum atomic E-state index is 13.2. The molecular formula is C25H35N9O3. The molecule has 2 aromatic rings. The number of dihydropyridines is 1. The van der Waals surface area contributed by atoms with Crippen molar-refractivity contribution in [2.24, 2.45) is 5.92 Å². The minimum absolute atomic E-state index is 0.0278. The molecule has 3 aliphatic rings. The van der Waals surface area contributed by atoms with Crippen LogP contribution in [0.4, 0.5) is 10.6 Å². The van der Waals surface area contributed by atoms with Gasteiger partial charge in [0.2, 0.25) is 5.91 Å². The number of urea groups is 1. The van der Waals surface area contributed by atoms with Crippen molar-refractivity contribution in [1.82, 2.24) is 40.9 Å². The smallest absolute Gasteiger partial charge is 0.320 e. The van der Waals surface area contributed by atoms with E-state index in [4.69, 9.17) is 4.52 Å². The average Bonchev–Trinajstić information content (AvgIpc) is 3.62. The van der Waals surface area contributed by atoms with Crippen LogP contribution in [-0.2, 0) is 10.2 Å². The van der Waals surface area contributed by atoms with Gasteiger partial charge in [-0.25, -0.2) is 14.5 Å². The van der Waals surface area contributed by atoms with Crippen molar-refractivity contribution < 1.29 is 14.1 Å². The first kappa shape index (κ1) is 25.0. The molecule has 1 fully saturated rings. The Morgan fingerprint density at radius 1 is 1.30 bits per heavy atom. The molecule has 1 saturated heterocycles. The summed E-state index contributed by atoms with van der Waals surface area (Å²) in [4.78, 5) is 26.2. The van der Waals surface area contributed by atoms with Crippen LogP contribution in [0.2, 0.25) is 0 Å². The molecule has 0 radical (unpaired) electrons. The van der Waals surface area contributed by atoms with E-state index in [-0.39, 0.29) is 35.5 Å². The Hall–Kier alpha value is -3.64. The summed E-state index contributed by atoms with van der Waals surface area (Å²) < 4.78 is 6.58. The van der Waals surface area contributed by atoms with Crippen LogP contribution in [0, 0.1) is 5.92 Å². The van der Waals surface area contributed by atoms with E-state index in [0.717, 1.165) is 23.4 Å². The second kappa shape index (κ2) is 9.67. The van der Waals surface area contributed by atoms with Crippen LogP contribution in [-0.4, -0.2) is 75.8 Å². The van der Waals surface area contributed by atoms with Gasteiger partial charge in [0, 0.05) is 36.3 Å². The summed E-state index contributed by atoms with van der Waals surface area (Å²) >= 11 is 0. The van der Waals surface area contributed by atoms with Gasteiger partial charge in [0.05, 0.1) is 30.5 Å². The van der Waals surface area contributed by atoms with Crippen LogP contribution >= 0.6 is 0 Å². The maximum absolute atomic E-state index is 13.2. The highest BCUT2D eigenvalue weighted by atomic mass is 16.5. The van der Waals surface area contributed by atoms with Crippen molar-refractivity contribution in [1.29, 1.82) is 0 Å². The van der Waals surface area contributed by atoms with Gasteiger partial charge >= 0.3 is 6.03 Å². The Morgan fingerprint density at radius 2 is 2.11 bits per heavy atom. The molecule has 3 aliphatic heterocycles. The zero-order valence-corrected chi connectivity index (χ0v) is 21.9. The lowest BCUT2D eigenvalue weighted by Gasteiger charge is -2.41. The Labute approximate surface area is 216 Å². The van der Waals surface area contributed by atoms with Crippen molar-refractivity contribution in [3.05, 3.63) is 47.6 Å². The molecule has 2 aromatic heterocycles. The summed E-state index contributed by atoms with van der Waals surface area (Å²) in [5.41, 5.74) is 3.34. The average molecular weight is 510 g/mol. The van der Waals surface area contributed by atoms with Crippen LogP contribution in [0.1, 0.15) is 39.8 Å². The van der Waals surface area contributed by atoms with Gasteiger partial charge in [0.1, 0.15) is 17.8 Å². The number of hydrazine groups is 1. The molecule has 5 heterocycles. The largest absolute Gasteiger partial charge is 0.369 e. The Morgan fingerprint density at radius 3 is 2.81 bits per heavy atom. The molecule has 37 heavy (non-hydrogen) atoms. The number of hydrogen-bond donors (Lipinski definition) is 4. The van der Waals surface area contributed by atoms with Gasteiger partial charge < -0.3 is 15.2 Å². The van der Waals surface area contributed by atoms with E-state index < -0.39 is 0 Å². The maximum Gasteiger partial charge on any atom is 0.320 e. The van der Waals surface area contributed by atoms with Crippen LogP contribution in [0.15, 0.2) is 46.5 Å². The van der Waals surface area contributed by atoms with Gasteiger partial charge in [-0.3, -0.25) is 20.4 Å². The van der Waals surface area contributed by atoms with Gasteiger partial charge in [0.15, 0.2) is 0 Å². The van der Waals surface area contributed by atoms with E-state index in [0.29, 0.717) is 31.1 Å². The number of aromatic nitrogens is 3. The Balaban J connectivity index is 1.23. The molecule has 198 valence electrons. The fraction of sp³-hybridized carbons (Fsp3) is 0.520. The molecule has 5 rings (SSSR count). The van der Waals surface area contributed by atoms with E-state index >= 15 is 0 Å². The Kier molecular flexibility index (Phi) is 6.54. The number of hydrogen-bond acceptors (Lipinski definition) is 8. The molecule has 0 saturated carbocycles. The Bertz CT molecular complexity index is 1220. The molecule has 3 unspecified atom stereocenters. The van der Waals surface area contributed by atoms with Crippen LogP contribution in [0.5, 0.6) is 0 Å². The fourth-order valence-corrected chi connectivity index (χ4v) is 4.90. The molecule has 3 atom stereocenters. The highest BCUT2D eigenvalue weighted by Gasteiger charge is 2.39. The number of likely N-dealkylation sites (N-methyl/N-ethyl adjacent to an activating group) is 1. The van der Waals surface area contributed by atoms with Crippen molar-refractivity contribution in [3.8, 4) is 5.69 Å². The molecule has 3 amide bonds. The second-order valence-corrected chi connectivity index (χ2v) is 10.8. The molecule has 0 bridgehead atoms. The predicted molar refractivity (Wildman–Crippen MR) is 137 cm³/mol. The second-order valence-electron chi connectivity index (χ2n) is 10.8. The van der Waals surface area contributed by atoms with E-state index in [1.165, 1.54) is 6.26 Å². The molecular weight excluding hydrogens is 474 g/mol. The van der Waals surface area contributed by atoms with Crippen LogP contribution in [0.3, 0.4) is 0 Å². The summed E-state index contributed by atoms with van der Waals surface area (Å²) in [6.45, 7) is 9.88. The number of carbonyl (C=O) groups excluding carboxylic acids is 2. The highest BCUT2D eigenvalue weighted by molar-refractivity contribution is 5.89. The molecule has 0 aliphatic carbocycles. The number of amides is 3. The lowest BCUT2D eigenvalue weighted by atomic mass is 9.92.